The molecule has 9 heteroatoms. The Labute approximate surface area is 186 Å². The molecule has 1 saturated carbocycles. The van der Waals surface area contributed by atoms with Crippen molar-refractivity contribution in [2.75, 3.05) is 27.3 Å². The predicted octanol–water partition coefficient (Wildman–Crippen LogP) is 3.45. The van der Waals surface area contributed by atoms with Gasteiger partial charge in [-0.2, -0.15) is 10.1 Å². The van der Waals surface area contributed by atoms with Gasteiger partial charge in [0.15, 0.2) is 5.82 Å². The summed E-state index contributed by atoms with van der Waals surface area (Å²) in [6, 6.07) is 7.27. The van der Waals surface area contributed by atoms with Gasteiger partial charge in [-0.15, -0.1) is 0 Å². The summed E-state index contributed by atoms with van der Waals surface area (Å²) >= 11 is 0. The highest BCUT2D eigenvalue weighted by atomic mass is 16.5. The van der Waals surface area contributed by atoms with Crippen LogP contribution in [-0.4, -0.2) is 58.5 Å². The van der Waals surface area contributed by atoms with Crippen molar-refractivity contribution in [3.8, 4) is 22.8 Å². The fraction of sp³-hybridized carbons (Fsp3) is 0.478. The molecule has 9 nitrogen and oxygen atoms in total. The highest BCUT2D eigenvalue weighted by Gasteiger charge is 2.31. The molecule has 168 valence electrons. The van der Waals surface area contributed by atoms with Gasteiger partial charge in [-0.3, -0.25) is 9.89 Å². The van der Waals surface area contributed by atoms with Crippen LogP contribution in [0, 0.1) is 5.92 Å². The lowest BCUT2D eigenvalue weighted by Gasteiger charge is -2.31. The Kier molecular flexibility index (Phi) is 5.55. The van der Waals surface area contributed by atoms with Crippen LogP contribution in [0.1, 0.15) is 53.8 Å². The van der Waals surface area contributed by atoms with Crippen molar-refractivity contribution in [2.45, 2.75) is 38.0 Å². The molecule has 32 heavy (non-hydrogen) atoms. The lowest BCUT2D eigenvalue weighted by atomic mass is 9.94. The van der Waals surface area contributed by atoms with Crippen LogP contribution in [0.3, 0.4) is 0 Å². The standard InChI is InChI=1S/C23H27N5O4/c1-30-16-7-8-20(31-2)17(11-16)18-12-19(26-25-18)23(29)28-9-3-4-14(13-28)10-21-24-22(27-32-21)15-5-6-15/h7-8,11-12,14-15H,3-6,9-10,13H2,1-2H3,(H,25,26). The number of nitrogens with zero attached hydrogens (tertiary/aromatic N) is 4. The molecule has 0 spiro atoms. The predicted molar refractivity (Wildman–Crippen MR) is 116 cm³/mol. The molecule has 1 saturated heterocycles. The molecule has 2 aromatic heterocycles. The Morgan fingerprint density at radius 3 is 2.88 bits per heavy atom. The molecule has 3 aromatic rings. The Morgan fingerprint density at radius 1 is 1.22 bits per heavy atom. The Balaban J connectivity index is 1.27. The summed E-state index contributed by atoms with van der Waals surface area (Å²) in [5.74, 6) is 3.61. The maximum absolute atomic E-state index is 13.2. The van der Waals surface area contributed by atoms with Crippen molar-refractivity contribution >= 4 is 5.91 Å². The van der Waals surface area contributed by atoms with Crippen LogP contribution < -0.4 is 9.47 Å². The molecule has 1 aromatic carbocycles. The van der Waals surface area contributed by atoms with Crippen LogP contribution in [0.15, 0.2) is 28.8 Å². The third-order valence-electron chi connectivity index (χ3n) is 6.19. The second-order valence-electron chi connectivity index (χ2n) is 8.52. The van der Waals surface area contributed by atoms with Crippen molar-refractivity contribution in [3.63, 3.8) is 0 Å². The number of nitrogens with one attached hydrogen (secondary N) is 1. The van der Waals surface area contributed by atoms with E-state index in [0.717, 1.165) is 43.6 Å². The first-order valence-electron chi connectivity index (χ1n) is 11.0. The van der Waals surface area contributed by atoms with Gasteiger partial charge in [-0.25, -0.2) is 0 Å². The molecular formula is C23H27N5O4. The number of benzene rings is 1. The molecule has 2 aliphatic rings. The van der Waals surface area contributed by atoms with Crippen LogP contribution in [-0.2, 0) is 6.42 Å². The Bertz CT molecular complexity index is 1100. The number of rotatable bonds is 7. The molecular weight excluding hydrogens is 410 g/mol. The number of aromatic nitrogens is 4. The average molecular weight is 438 g/mol. The minimum Gasteiger partial charge on any atom is -0.497 e. The largest absolute Gasteiger partial charge is 0.497 e. The van der Waals surface area contributed by atoms with Crippen molar-refractivity contribution in [3.05, 3.63) is 41.7 Å². The van der Waals surface area contributed by atoms with Crippen LogP contribution in [0.25, 0.3) is 11.3 Å². The van der Waals surface area contributed by atoms with Crippen LogP contribution in [0.4, 0.5) is 0 Å². The number of carbonyl (C=O) groups excluding carboxylic acids is 1. The average Bonchev–Trinajstić information content (AvgIpc) is 3.37. The number of methoxy groups -OCH3 is 2. The topological polar surface area (TPSA) is 106 Å². The molecule has 3 heterocycles. The zero-order valence-electron chi connectivity index (χ0n) is 18.3. The SMILES string of the molecule is COc1ccc(OC)c(-c2cc(C(=O)N3CCCC(Cc4nc(C5CC5)no4)C3)[nH]n2)c1. The highest BCUT2D eigenvalue weighted by molar-refractivity contribution is 5.93. The molecule has 1 aliphatic heterocycles. The van der Waals surface area contributed by atoms with E-state index in [1.54, 1.807) is 20.3 Å². The van der Waals surface area contributed by atoms with Crippen LogP contribution >= 0.6 is 0 Å². The van der Waals surface area contributed by atoms with Gasteiger partial charge in [0, 0.05) is 31.0 Å². The number of carbonyl (C=O) groups is 1. The summed E-state index contributed by atoms with van der Waals surface area (Å²) in [5, 5.41) is 11.4. The maximum Gasteiger partial charge on any atom is 0.271 e. The molecule has 0 bridgehead atoms. The van der Waals surface area contributed by atoms with Gasteiger partial charge < -0.3 is 18.9 Å². The van der Waals surface area contributed by atoms with Crippen molar-refractivity contribution in [2.24, 2.45) is 5.92 Å². The number of likely N-dealkylation sites (tertiary alicyclic amines) is 1. The van der Waals surface area contributed by atoms with E-state index in [-0.39, 0.29) is 5.91 Å². The molecule has 0 radical (unpaired) electrons. The monoisotopic (exact) mass is 437 g/mol. The van der Waals surface area contributed by atoms with E-state index in [0.29, 0.717) is 53.6 Å². The second kappa shape index (κ2) is 8.64. The number of hydrogen-bond donors (Lipinski definition) is 1. The maximum atomic E-state index is 13.2. The fourth-order valence-corrected chi connectivity index (χ4v) is 4.28. The normalized spacial score (nSPS) is 18.6. The summed E-state index contributed by atoms with van der Waals surface area (Å²) in [5.41, 5.74) is 1.86. The first-order chi connectivity index (χ1) is 15.6. The quantitative estimate of drug-likeness (QED) is 0.603. The van der Waals surface area contributed by atoms with Gasteiger partial charge in [0.25, 0.3) is 5.91 Å². The van der Waals surface area contributed by atoms with Crippen LogP contribution in [0.5, 0.6) is 11.5 Å². The fourth-order valence-electron chi connectivity index (χ4n) is 4.28. The van der Waals surface area contributed by atoms with Gasteiger partial charge in [0.05, 0.1) is 19.9 Å². The third-order valence-corrected chi connectivity index (χ3v) is 6.19. The summed E-state index contributed by atoms with van der Waals surface area (Å²) in [4.78, 5) is 19.6. The lowest BCUT2D eigenvalue weighted by Crippen LogP contribution is -2.40. The summed E-state index contributed by atoms with van der Waals surface area (Å²) < 4.78 is 16.2. The van der Waals surface area contributed by atoms with Gasteiger partial charge >= 0.3 is 0 Å². The Hall–Kier alpha value is -3.36. The van der Waals surface area contributed by atoms with E-state index in [4.69, 9.17) is 14.0 Å². The minimum atomic E-state index is -0.0560. The van der Waals surface area contributed by atoms with Crippen LogP contribution in [0.2, 0.25) is 0 Å². The number of H-pyrrole nitrogens is 1. The molecule has 1 N–H and O–H groups in total. The lowest BCUT2D eigenvalue weighted by molar-refractivity contribution is 0.0662. The van der Waals surface area contributed by atoms with Gasteiger partial charge in [0.2, 0.25) is 5.89 Å². The molecule has 1 atom stereocenters. The van der Waals surface area contributed by atoms with Crippen molar-refractivity contribution in [1.29, 1.82) is 0 Å². The van der Waals surface area contributed by atoms with Gasteiger partial charge in [-0.1, -0.05) is 5.16 Å². The summed E-state index contributed by atoms with van der Waals surface area (Å²) in [7, 11) is 3.22. The zero-order chi connectivity index (χ0) is 22.1. The smallest absolute Gasteiger partial charge is 0.271 e. The summed E-state index contributed by atoms with van der Waals surface area (Å²) in [6.07, 6.45) is 5.00. The van der Waals surface area contributed by atoms with Crippen molar-refractivity contribution < 1.29 is 18.8 Å². The number of hydrogen-bond acceptors (Lipinski definition) is 7. The van der Waals surface area contributed by atoms with Gasteiger partial charge in [-0.05, 0) is 55.9 Å². The van der Waals surface area contributed by atoms with E-state index in [9.17, 15) is 4.79 Å². The van der Waals surface area contributed by atoms with Crippen molar-refractivity contribution in [1.82, 2.24) is 25.2 Å². The van der Waals surface area contributed by atoms with E-state index in [1.807, 2.05) is 23.1 Å². The summed E-state index contributed by atoms with van der Waals surface area (Å²) in [6.45, 7) is 1.39. The van der Waals surface area contributed by atoms with E-state index in [2.05, 4.69) is 20.3 Å². The van der Waals surface area contributed by atoms with Gasteiger partial charge in [0.1, 0.15) is 17.2 Å². The minimum absolute atomic E-state index is 0.0560. The first-order valence-corrected chi connectivity index (χ1v) is 11.0. The van der Waals surface area contributed by atoms with E-state index < -0.39 is 0 Å². The molecule has 5 rings (SSSR count). The molecule has 1 aliphatic carbocycles. The number of amides is 1. The molecule has 1 unspecified atom stereocenters. The first kappa shape index (κ1) is 20.5. The molecule has 1 amide bonds. The van der Waals surface area contributed by atoms with E-state index in [1.165, 1.54) is 0 Å². The Morgan fingerprint density at radius 2 is 2.09 bits per heavy atom. The number of aromatic amines is 1. The zero-order valence-corrected chi connectivity index (χ0v) is 18.3. The second-order valence-corrected chi connectivity index (χ2v) is 8.52. The van der Waals surface area contributed by atoms with E-state index >= 15 is 0 Å². The molecule has 2 fully saturated rings. The third kappa shape index (κ3) is 4.19. The number of piperidine rings is 1. The number of ether oxygens (including phenoxy) is 2. The highest BCUT2D eigenvalue weighted by Crippen LogP contribution is 2.38.